The Morgan fingerprint density at radius 2 is 0.393 bits per heavy atom. The smallest absolute Gasteiger partial charge is 1.00 e. The van der Waals surface area contributed by atoms with Crippen LogP contribution >= 0.6 is 38.8 Å². The summed E-state index contributed by atoms with van der Waals surface area (Å²) >= 11 is 6.64. The summed E-state index contributed by atoms with van der Waals surface area (Å²) in [7, 11) is 19.4. The van der Waals surface area contributed by atoms with E-state index in [0.717, 1.165) is 0 Å². The molecule has 2 aliphatic rings. The van der Waals surface area contributed by atoms with Crippen molar-refractivity contribution in [3.8, 4) is 0 Å². The molecule has 2 aliphatic carbocycles. The zero-order valence-corrected chi connectivity index (χ0v) is 26.2. The molecule has 2 fully saturated rings. The first-order valence-corrected chi connectivity index (χ1v) is 18.5. The van der Waals surface area contributed by atoms with E-state index in [4.69, 9.17) is 38.8 Å². The minimum atomic E-state index is -0.346. The molecule has 0 spiro atoms. The van der Waals surface area contributed by atoms with Crippen molar-refractivity contribution >= 4 is 62.1 Å². The van der Waals surface area contributed by atoms with E-state index in [-0.39, 0.29) is 30.3 Å². The Labute approximate surface area is 218 Å². The molecule has 2 rings (SSSR count). The van der Waals surface area contributed by atoms with Crippen molar-refractivity contribution in [3.05, 3.63) is 59.2 Å². The summed E-state index contributed by atoms with van der Waals surface area (Å²) in [6.45, 7) is 22.0. The van der Waals surface area contributed by atoms with Crippen molar-refractivity contribution in [1.82, 2.24) is 0 Å². The van der Waals surface area contributed by atoms with Crippen LogP contribution in [0.5, 0.6) is 0 Å². The molecule has 0 aromatic rings. The van der Waals surface area contributed by atoms with Gasteiger partial charge in [0.1, 0.15) is 0 Å². The van der Waals surface area contributed by atoms with Crippen LogP contribution in [0.15, 0.2) is 0 Å². The maximum absolute atomic E-state index is 4.85. The van der Waals surface area contributed by atoms with Crippen LogP contribution in [-0.4, -0.2) is 0 Å². The van der Waals surface area contributed by atoms with Crippen molar-refractivity contribution < 1.29 is 30.3 Å². The summed E-state index contributed by atoms with van der Waals surface area (Å²) in [5.74, 6) is 14.7. The molecule has 0 aromatic carbocycles. The van der Waals surface area contributed by atoms with Gasteiger partial charge in [-0.2, -0.15) is 0 Å². The average Bonchev–Trinajstić information content (AvgIpc) is 2.95. The molecule has 0 nitrogen and oxygen atoms in total. The first kappa shape index (κ1) is 35.7. The van der Waals surface area contributed by atoms with Crippen molar-refractivity contribution in [3.63, 3.8) is 0 Å². The number of halogens is 4. The minimum absolute atomic E-state index is 0.346. The van der Waals surface area contributed by atoms with E-state index >= 15 is 0 Å². The van der Waals surface area contributed by atoms with Gasteiger partial charge in [0.25, 0.3) is 0 Å². The van der Waals surface area contributed by atoms with E-state index in [1.165, 1.54) is 59.2 Å². The molecule has 0 unspecified atom stereocenters. The molecule has 10 radical (unpaired) electrons. The third kappa shape index (κ3) is 12.4. The topological polar surface area (TPSA) is 0 Å². The fourth-order valence-electron chi connectivity index (χ4n) is 2.81. The van der Waals surface area contributed by atoms with Gasteiger partial charge < -0.3 is 23.3 Å². The summed E-state index contributed by atoms with van der Waals surface area (Å²) in [4.78, 5) is 0. The second-order valence-corrected chi connectivity index (χ2v) is 11.6. The fraction of sp³-hybridized carbons (Fsp3) is 0.500. The van der Waals surface area contributed by atoms with Crippen LogP contribution in [0.1, 0.15) is 69.2 Å². The normalized spacial score (nSPS) is 21.9. The van der Waals surface area contributed by atoms with Gasteiger partial charge in [0.2, 0.25) is 0 Å². The van der Waals surface area contributed by atoms with Crippen LogP contribution < -0.4 is 0 Å². The molecule has 0 N–H and O–H groups in total. The third-order valence-corrected chi connectivity index (χ3v) is 5.62. The molecule has 0 bridgehead atoms. The SMILES string of the molecule is C[C]1[C](C)[C](C)[C](C)[C]1C.C[C]1[C](C)[C](C)[C](C)[C]1C.[Cl][Ru+2][Cl].[Cl][Ru+2][Cl].[S-][S-]. The van der Waals surface area contributed by atoms with Crippen LogP contribution in [0.25, 0.3) is 0 Å². The van der Waals surface area contributed by atoms with Crippen LogP contribution in [0, 0.1) is 59.2 Å². The molecule has 0 atom stereocenters. The molecule has 0 aliphatic heterocycles. The summed E-state index contributed by atoms with van der Waals surface area (Å²) in [6, 6.07) is 0. The van der Waals surface area contributed by atoms with Crippen molar-refractivity contribution in [2.75, 3.05) is 0 Å². The molecule has 164 valence electrons. The Bertz CT molecular complexity index is 235. The van der Waals surface area contributed by atoms with E-state index in [1.54, 1.807) is 0 Å². The maximum Gasteiger partial charge on any atom is -1.00 e. The van der Waals surface area contributed by atoms with Crippen LogP contribution in [-0.2, 0) is 53.6 Å². The summed E-state index contributed by atoms with van der Waals surface area (Å²) in [5, 5.41) is 0. The van der Waals surface area contributed by atoms with Gasteiger partial charge in [0.15, 0.2) is 0 Å². The van der Waals surface area contributed by atoms with Crippen LogP contribution in [0.2, 0.25) is 0 Å². The molecule has 2 saturated carbocycles. The Hall–Kier alpha value is 3.11. The molecule has 0 heterocycles. The Kier molecular flexibility index (Phi) is 26.4. The van der Waals surface area contributed by atoms with Crippen molar-refractivity contribution in [2.45, 2.75) is 69.2 Å². The first-order chi connectivity index (χ1) is 12.9. The first-order valence-electron chi connectivity index (χ1n) is 8.20. The average molecular weight is 679 g/mol. The molecule has 8 heteroatoms. The molecule has 0 amide bonds. The van der Waals surface area contributed by atoms with Gasteiger partial charge in [-0.3, -0.25) is 0 Å². The standard InChI is InChI=1S/2C10H15.4ClH.2Ru.S2/c2*1-6-7(2)9(4)10(5)8(6)3;;;;;;;1-2/h2*1-5H3;4*1H;;;/q;;;;;;2*+4;-2/p-4. The molecule has 0 aromatic heterocycles. The van der Waals surface area contributed by atoms with Gasteiger partial charge in [-0.15, -0.1) is 0 Å². The fourth-order valence-corrected chi connectivity index (χ4v) is 2.81. The molecular formula is C20H30Cl4Ru2S2+2. The van der Waals surface area contributed by atoms with E-state index in [1.807, 2.05) is 0 Å². The summed E-state index contributed by atoms with van der Waals surface area (Å²) in [5.41, 5.74) is 0. The van der Waals surface area contributed by atoms with Crippen LogP contribution in [0.3, 0.4) is 0 Å². The van der Waals surface area contributed by atoms with Gasteiger partial charge in [-0.05, 0) is 59.2 Å². The van der Waals surface area contributed by atoms with Crippen molar-refractivity contribution in [2.24, 2.45) is 0 Å². The van der Waals surface area contributed by atoms with E-state index < -0.39 is 0 Å². The van der Waals surface area contributed by atoms with Gasteiger partial charge in [0.05, 0.1) is 0 Å². The zero-order valence-electron chi connectivity index (χ0n) is 18.0. The number of hydrogen-bond donors (Lipinski definition) is 0. The third-order valence-electron chi connectivity index (χ3n) is 5.62. The summed E-state index contributed by atoms with van der Waals surface area (Å²) in [6.07, 6.45) is 0. The predicted molar refractivity (Wildman–Crippen MR) is 127 cm³/mol. The van der Waals surface area contributed by atoms with Crippen molar-refractivity contribution in [1.29, 1.82) is 0 Å². The molecule has 0 saturated heterocycles. The Morgan fingerprint density at radius 3 is 0.429 bits per heavy atom. The van der Waals surface area contributed by atoms with Gasteiger partial charge in [-0.25, -0.2) is 0 Å². The molecular weight excluding hydrogens is 648 g/mol. The number of hydrogen-bond acceptors (Lipinski definition) is 2. The van der Waals surface area contributed by atoms with Gasteiger partial charge >= 0.3 is 69.1 Å². The monoisotopic (exact) mass is 678 g/mol. The minimum Gasteiger partial charge on any atom is -1.00 e. The second kappa shape index (κ2) is 20.7. The quantitative estimate of drug-likeness (QED) is 0.143. The Morgan fingerprint density at radius 1 is 0.357 bits per heavy atom. The Balaban J connectivity index is -0.000000327. The van der Waals surface area contributed by atoms with E-state index in [0.29, 0.717) is 0 Å². The second-order valence-electron chi connectivity index (χ2n) is 6.35. The van der Waals surface area contributed by atoms with Gasteiger partial charge in [-0.1, -0.05) is 69.2 Å². The van der Waals surface area contributed by atoms with Crippen LogP contribution in [0.4, 0.5) is 0 Å². The van der Waals surface area contributed by atoms with Gasteiger partial charge in [0, 0.05) is 0 Å². The van der Waals surface area contributed by atoms with E-state index in [9.17, 15) is 0 Å². The number of rotatable bonds is 0. The summed E-state index contributed by atoms with van der Waals surface area (Å²) < 4.78 is 0. The largest absolute Gasteiger partial charge is 1.00 e. The van der Waals surface area contributed by atoms with E-state index in [2.05, 4.69) is 92.6 Å². The maximum atomic E-state index is 4.85. The molecule has 28 heavy (non-hydrogen) atoms. The predicted octanol–water partition coefficient (Wildman–Crippen LogP) is 8.69. The zero-order chi connectivity index (χ0) is 23.2.